The third-order valence-electron chi connectivity index (χ3n) is 7.32. The van der Waals surface area contributed by atoms with Crippen molar-refractivity contribution in [2.45, 2.75) is 25.9 Å². The maximum Gasteiger partial charge on any atom is 0.258 e. The van der Waals surface area contributed by atoms with Crippen LogP contribution in [-0.2, 0) is 4.79 Å². The van der Waals surface area contributed by atoms with Crippen LogP contribution in [-0.4, -0.2) is 41.7 Å². The van der Waals surface area contributed by atoms with E-state index in [-0.39, 0.29) is 35.1 Å². The number of nitrogens with one attached hydrogen (secondary N) is 2. The fourth-order valence-electron chi connectivity index (χ4n) is 4.90. The molecule has 0 saturated heterocycles. The monoisotopic (exact) mass is 657 g/mol. The molecular formula is C35H33Cl2N5O4. The van der Waals surface area contributed by atoms with Gasteiger partial charge in [0.25, 0.3) is 5.91 Å². The van der Waals surface area contributed by atoms with Crippen molar-refractivity contribution in [1.29, 1.82) is 0 Å². The van der Waals surface area contributed by atoms with Crippen LogP contribution in [0.1, 0.15) is 45.5 Å². The molecule has 1 heterocycles. The molecule has 4 aromatic carbocycles. The van der Waals surface area contributed by atoms with Gasteiger partial charge in [-0.25, -0.2) is 0 Å². The van der Waals surface area contributed by atoms with Crippen LogP contribution >= 0.6 is 23.2 Å². The summed E-state index contributed by atoms with van der Waals surface area (Å²) in [6.07, 6.45) is 0. The summed E-state index contributed by atoms with van der Waals surface area (Å²) in [5.74, 6) is 1.67. The molecule has 0 bridgehead atoms. The summed E-state index contributed by atoms with van der Waals surface area (Å²) in [6.45, 7) is 3.90. The van der Waals surface area contributed by atoms with Crippen LogP contribution < -0.4 is 24.8 Å². The topological polar surface area (TPSA) is 107 Å². The Morgan fingerprint density at radius 1 is 0.696 bits per heavy atom. The van der Waals surface area contributed by atoms with Crippen molar-refractivity contribution in [3.05, 3.63) is 135 Å². The number of carbonyl (C=O) groups excluding carboxylic acids is 1. The summed E-state index contributed by atoms with van der Waals surface area (Å²) >= 11 is 12.1. The highest BCUT2D eigenvalue weighted by Gasteiger charge is 2.22. The highest BCUT2D eigenvalue weighted by atomic mass is 35.5. The largest absolute Gasteiger partial charge is 0.497 e. The van der Waals surface area contributed by atoms with Gasteiger partial charge in [-0.15, -0.1) is 0 Å². The molecule has 236 valence electrons. The first-order valence-electron chi connectivity index (χ1n) is 14.4. The highest BCUT2D eigenvalue weighted by molar-refractivity contribution is 6.31. The van der Waals surface area contributed by atoms with Crippen molar-refractivity contribution >= 4 is 35.1 Å². The lowest BCUT2D eigenvalue weighted by atomic mass is 9.97. The van der Waals surface area contributed by atoms with Gasteiger partial charge in [0.05, 0.1) is 26.3 Å². The van der Waals surface area contributed by atoms with Crippen molar-refractivity contribution in [3.8, 4) is 17.2 Å². The summed E-state index contributed by atoms with van der Waals surface area (Å²) in [7, 11) is 3.17. The van der Waals surface area contributed by atoms with Crippen LogP contribution in [0.15, 0.2) is 91.0 Å². The fourth-order valence-corrected chi connectivity index (χ4v) is 5.27. The van der Waals surface area contributed by atoms with E-state index in [4.69, 9.17) is 37.4 Å². The van der Waals surface area contributed by atoms with Gasteiger partial charge in [-0.3, -0.25) is 4.79 Å². The van der Waals surface area contributed by atoms with Gasteiger partial charge >= 0.3 is 0 Å². The zero-order valence-electron chi connectivity index (χ0n) is 25.8. The van der Waals surface area contributed by atoms with Crippen LogP contribution in [0, 0.1) is 13.8 Å². The predicted octanol–water partition coefficient (Wildman–Crippen LogP) is 7.30. The van der Waals surface area contributed by atoms with E-state index < -0.39 is 6.04 Å². The Bertz CT molecular complexity index is 1720. The van der Waals surface area contributed by atoms with E-state index in [1.165, 1.54) is 0 Å². The molecule has 9 nitrogen and oxygen atoms in total. The Morgan fingerprint density at radius 3 is 1.76 bits per heavy atom. The van der Waals surface area contributed by atoms with Gasteiger partial charge in [0.15, 0.2) is 6.61 Å². The number of methoxy groups -OCH3 is 2. The van der Waals surface area contributed by atoms with Crippen molar-refractivity contribution < 1.29 is 19.0 Å². The first kappa shape index (κ1) is 32.5. The molecule has 1 atom stereocenters. The molecule has 5 aromatic rings. The molecule has 0 aliphatic carbocycles. The number of benzene rings is 4. The number of anilines is 1. The summed E-state index contributed by atoms with van der Waals surface area (Å²) in [6, 6.07) is 28.3. The Kier molecular flexibility index (Phi) is 10.6. The number of carbonyl (C=O) groups is 1. The first-order valence-corrected chi connectivity index (χ1v) is 15.2. The van der Waals surface area contributed by atoms with Gasteiger partial charge in [0.1, 0.15) is 17.2 Å². The van der Waals surface area contributed by atoms with Crippen LogP contribution in [0.3, 0.4) is 0 Å². The van der Waals surface area contributed by atoms with E-state index in [9.17, 15) is 4.79 Å². The lowest BCUT2D eigenvalue weighted by molar-refractivity contribution is -0.123. The molecular weight excluding hydrogens is 625 g/mol. The van der Waals surface area contributed by atoms with Gasteiger partial charge in [0.2, 0.25) is 16.5 Å². The minimum atomic E-state index is -0.488. The number of amides is 1. The van der Waals surface area contributed by atoms with Gasteiger partial charge in [-0.05, 0) is 78.0 Å². The second kappa shape index (κ2) is 14.9. The minimum Gasteiger partial charge on any atom is -0.497 e. The second-order valence-corrected chi connectivity index (χ2v) is 11.2. The van der Waals surface area contributed by atoms with E-state index in [1.54, 1.807) is 32.4 Å². The summed E-state index contributed by atoms with van der Waals surface area (Å²) in [5.41, 5.74) is 5.87. The number of halogens is 2. The maximum atomic E-state index is 13.1. The van der Waals surface area contributed by atoms with E-state index >= 15 is 0 Å². The zero-order valence-corrected chi connectivity index (χ0v) is 27.3. The van der Waals surface area contributed by atoms with Gasteiger partial charge in [0, 0.05) is 11.6 Å². The summed E-state index contributed by atoms with van der Waals surface area (Å²) < 4.78 is 17.0. The predicted molar refractivity (Wildman–Crippen MR) is 179 cm³/mol. The number of nitrogens with zero attached hydrogens (tertiary/aromatic N) is 3. The molecule has 0 aliphatic rings. The van der Waals surface area contributed by atoms with Crippen LogP contribution in [0.2, 0.25) is 10.6 Å². The average Bonchev–Trinajstić information content (AvgIpc) is 3.06. The summed E-state index contributed by atoms with van der Waals surface area (Å²) in [4.78, 5) is 25.3. The normalized spacial score (nSPS) is 11.5. The number of aryl methyl sites for hydroxylation is 2. The molecule has 5 rings (SSSR count). The number of aromatic nitrogens is 3. The SMILES string of the molecule is COc1ccc(C(Nc2nc(Cl)nc(Cl)n2)c2ccc(OCC(=O)NC(c3ccc(C)cc3)c3ccc(C)cc3)cc2)c(OC)c1. The van der Waals surface area contributed by atoms with Crippen molar-refractivity contribution in [2.24, 2.45) is 0 Å². The number of rotatable bonds is 12. The molecule has 0 fully saturated rings. The lowest BCUT2D eigenvalue weighted by Crippen LogP contribution is -2.33. The van der Waals surface area contributed by atoms with Gasteiger partial charge in [-0.2, -0.15) is 15.0 Å². The number of ether oxygens (including phenoxy) is 3. The first-order chi connectivity index (χ1) is 22.2. The average molecular weight is 659 g/mol. The van der Waals surface area contributed by atoms with Crippen molar-refractivity contribution in [1.82, 2.24) is 20.3 Å². The summed E-state index contributed by atoms with van der Waals surface area (Å²) in [5, 5.41) is 6.32. The van der Waals surface area contributed by atoms with Crippen LogP contribution in [0.25, 0.3) is 0 Å². The molecule has 0 radical (unpaired) electrons. The van der Waals surface area contributed by atoms with E-state index in [2.05, 4.69) is 25.6 Å². The molecule has 1 amide bonds. The van der Waals surface area contributed by atoms with E-state index in [0.717, 1.165) is 33.4 Å². The van der Waals surface area contributed by atoms with Crippen LogP contribution in [0.5, 0.6) is 17.2 Å². The Morgan fingerprint density at radius 2 is 1.22 bits per heavy atom. The molecule has 0 aliphatic heterocycles. The third-order valence-corrected chi connectivity index (χ3v) is 7.65. The van der Waals surface area contributed by atoms with Gasteiger partial charge < -0.3 is 24.8 Å². The minimum absolute atomic E-state index is 0.0445. The molecule has 11 heteroatoms. The highest BCUT2D eigenvalue weighted by Crippen LogP contribution is 2.35. The smallest absolute Gasteiger partial charge is 0.258 e. The second-order valence-electron chi connectivity index (χ2n) is 10.6. The Balaban J connectivity index is 1.34. The number of hydrogen-bond acceptors (Lipinski definition) is 8. The fraction of sp³-hybridized carbons (Fsp3) is 0.200. The van der Waals surface area contributed by atoms with E-state index in [1.807, 2.05) is 86.6 Å². The molecule has 0 spiro atoms. The quantitative estimate of drug-likeness (QED) is 0.144. The standard InChI is InChI=1S/C35H33Cl2N5O4/c1-21-5-9-23(10-6-21)31(24-11-7-22(2)8-12-24)38-30(43)20-46-26-15-13-25(14-16-26)32(39-35-41-33(36)40-34(37)42-35)28-18-17-27(44-3)19-29(28)45-4/h5-19,31-32H,20H2,1-4H3,(H,38,43)(H,39,40,41,42). The third kappa shape index (κ3) is 8.24. The maximum absolute atomic E-state index is 13.1. The van der Waals surface area contributed by atoms with E-state index in [0.29, 0.717) is 17.2 Å². The molecule has 1 unspecified atom stereocenters. The number of hydrogen-bond donors (Lipinski definition) is 2. The lowest BCUT2D eigenvalue weighted by Gasteiger charge is -2.23. The van der Waals surface area contributed by atoms with Crippen LogP contribution in [0.4, 0.5) is 5.95 Å². The molecule has 1 aromatic heterocycles. The van der Waals surface area contributed by atoms with Crippen molar-refractivity contribution in [3.63, 3.8) is 0 Å². The Labute approximate surface area is 277 Å². The van der Waals surface area contributed by atoms with Gasteiger partial charge in [-0.1, -0.05) is 71.8 Å². The Hall–Kier alpha value is -4.86. The molecule has 2 N–H and O–H groups in total. The zero-order chi connectivity index (χ0) is 32.6. The molecule has 0 saturated carbocycles. The van der Waals surface area contributed by atoms with Crippen molar-refractivity contribution in [2.75, 3.05) is 26.1 Å². The molecule has 46 heavy (non-hydrogen) atoms.